The van der Waals surface area contributed by atoms with Crippen LogP contribution in [0.3, 0.4) is 0 Å². The second-order valence-electron chi connectivity index (χ2n) is 5.19. The fourth-order valence-corrected chi connectivity index (χ4v) is 3.46. The molecule has 2 aromatic rings. The highest BCUT2D eigenvalue weighted by Gasteiger charge is 2.18. The molecule has 0 spiro atoms. The highest BCUT2D eigenvalue weighted by molar-refractivity contribution is 7.09. The Morgan fingerprint density at radius 1 is 1.53 bits per heavy atom. The summed E-state index contributed by atoms with van der Waals surface area (Å²) in [6.07, 6.45) is 7.54. The van der Waals surface area contributed by atoms with E-state index >= 15 is 0 Å². The van der Waals surface area contributed by atoms with E-state index in [1.54, 1.807) is 11.3 Å². The van der Waals surface area contributed by atoms with Gasteiger partial charge in [0.05, 0.1) is 11.3 Å². The molecule has 0 bridgehead atoms. The molecule has 1 unspecified atom stereocenters. The summed E-state index contributed by atoms with van der Waals surface area (Å²) in [4.78, 5) is 8.86. The van der Waals surface area contributed by atoms with Crippen LogP contribution in [0.25, 0.3) is 0 Å². The predicted octanol–water partition coefficient (Wildman–Crippen LogP) is 2.36. The van der Waals surface area contributed by atoms with Crippen LogP contribution in [0.15, 0.2) is 17.9 Å². The number of nitrogens with one attached hydrogen (secondary N) is 1. The summed E-state index contributed by atoms with van der Waals surface area (Å²) in [6.45, 7) is 5.28. The van der Waals surface area contributed by atoms with Crippen molar-refractivity contribution in [3.63, 3.8) is 0 Å². The number of hydrogen-bond donors (Lipinski definition) is 1. The van der Waals surface area contributed by atoms with Gasteiger partial charge in [0.25, 0.3) is 0 Å². The number of nitrogens with zero attached hydrogens (tertiary/aromatic N) is 3. The molecular weight excluding hydrogens is 256 g/mol. The monoisotopic (exact) mass is 276 g/mol. The molecule has 4 nitrogen and oxygen atoms in total. The van der Waals surface area contributed by atoms with E-state index in [-0.39, 0.29) is 0 Å². The van der Waals surface area contributed by atoms with Crippen molar-refractivity contribution in [3.05, 3.63) is 34.3 Å². The lowest BCUT2D eigenvalue weighted by Gasteiger charge is -2.23. The van der Waals surface area contributed by atoms with Gasteiger partial charge in [-0.2, -0.15) is 0 Å². The molecule has 0 aromatic carbocycles. The van der Waals surface area contributed by atoms with Crippen molar-refractivity contribution in [3.8, 4) is 0 Å². The van der Waals surface area contributed by atoms with Gasteiger partial charge < -0.3 is 9.88 Å². The molecule has 1 N–H and O–H groups in total. The fourth-order valence-electron chi connectivity index (χ4n) is 2.70. The maximum atomic E-state index is 4.52. The zero-order chi connectivity index (χ0) is 13.1. The van der Waals surface area contributed by atoms with Crippen LogP contribution >= 0.6 is 11.3 Å². The van der Waals surface area contributed by atoms with E-state index in [2.05, 4.69) is 32.2 Å². The largest absolute Gasteiger partial charge is 0.334 e. The Kier molecular flexibility index (Phi) is 3.94. The number of aromatic nitrogens is 3. The second kappa shape index (κ2) is 5.84. The highest BCUT2D eigenvalue weighted by atomic mass is 32.1. The molecule has 19 heavy (non-hydrogen) atoms. The molecule has 1 fully saturated rings. The maximum Gasteiger partial charge on any atom is 0.0948 e. The Balaban J connectivity index is 1.66. The van der Waals surface area contributed by atoms with Gasteiger partial charge in [-0.15, -0.1) is 11.3 Å². The number of aryl methyl sites for hydroxylation is 3. The van der Waals surface area contributed by atoms with Gasteiger partial charge in [0.15, 0.2) is 0 Å². The molecule has 1 saturated heterocycles. The summed E-state index contributed by atoms with van der Waals surface area (Å²) in [5.41, 5.74) is 2.50. The van der Waals surface area contributed by atoms with E-state index in [4.69, 9.17) is 0 Å². The van der Waals surface area contributed by atoms with Gasteiger partial charge in [0.2, 0.25) is 0 Å². The topological polar surface area (TPSA) is 42.7 Å². The van der Waals surface area contributed by atoms with Crippen molar-refractivity contribution in [2.75, 3.05) is 13.1 Å². The van der Waals surface area contributed by atoms with Crippen LogP contribution in [0.2, 0.25) is 0 Å². The lowest BCUT2D eigenvalue weighted by molar-refractivity contribution is 0.440. The summed E-state index contributed by atoms with van der Waals surface area (Å²) >= 11 is 1.76. The molecule has 0 amide bonds. The summed E-state index contributed by atoms with van der Waals surface area (Å²) < 4.78 is 2.30. The maximum absolute atomic E-state index is 4.52. The van der Waals surface area contributed by atoms with Gasteiger partial charge in [-0.25, -0.2) is 9.97 Å². The third-order valence-corrected chi connectivity index (χ3v) is 4.72. The Hall–Kier alpha value is -1.20. The third kappa shape index (κ3) is 3.04. The molecule has 1 aliphatic rings. The Morgan fingerprint density at radius 2 is 2.47 bits per heavy atom. The van der Waals surface area contributed by atoms with E-state index in [0.717, 1.165) is 31.7 Å². The van der Waals surface area contributed by atoms with Crippen LogP contribution < -0.4 is 5.32 Å². The van der Waals surface area contributed by atoms with Crippen molar-refractivity contribution in [2.45, 2.75) is 38.6 Å². The van der Waals surface area contributed by atoms with Gasteiger partial charge in [-0.05, 0) is 26.3 Å². The average molecular weight is 276 g/mol. The van der Waals surface area contributed by atoms with Gasteiger partial charge >= 0.3 is 0 Å². The van der Waals surface area contributed by atoms with Gasteiger partial charge in [0, 0.05) is 48.4 Å². The minimum atomic E-state index is 0.620. The summed E-state index contributed by atoms with van der Waals surface area (Å²) in [7, 11) is 0. The standard InChI is InChI=1S/C14H20N4S/c1-11-9-19-14(17-11)4-6-18-10-16-8-13(18)12-3-2-5-15-7-12/h8-10,12,15H,2-7H2,1H3. The first kappa shape index (κ1) is 12.8. The minimum absolute atomic E-state index is 0.620. The smallest absolute Gasteiger partial charge is 0.0948 e. The van der Waals surface area contributed by atoms with E-state index in [1.165, 1.54) is 23.5 Å². The van der Waals surface area contributed by atoms with Crippen molar-refractivity contribution in [2.24, 2.45) is 0 Å². The third-order valence-electron chi connectivity index (χ3n) is 3.69. The Morgan fingerprint density at radius 3 is 3.21 bits per heavy atom. The average Bonchev–Trinajstić information content (AvgIpc) is 3.06. The number of thiazole rings is 1. The van der Waals surface area contributed by atoms with Crippen LogP contribution in [0.4, 0.5) is 0 Å². The SMILES string of the molecule is Cc1csc(CCn2cncc2C2CCCNC2)n1. The van der Waals surface area contributed by atoms with Gasteiger partial charge in [-0.1, -0.05) is 0 Å². The lowest BCUT2D eigenvalue weighted by atomic mass is 9.96. The highest BCUT2D eigenvalue weighted by Crippen LogP contribution is 2.23. The first-order chi connectivity index (χ1) is 9.33. The zero-order valence-electron chi connectivity index (χ0n) is 11.3. The number of rotatable bonds is 4. The molecule has 3 rings (SSSR count). The first-order valence-electron chi connectivity index (χ1n) is 6.94. The quantitative estimate of drug-likeness (QED) is 0.932. The summed E-state index contributed by atoms with van der Waals surface area (Å²) in [6, 6.07) is 0. The van der Waals surface area contributed by atoms with E-state index in [0.29, 0.717) is 5.92 Å². The molecule has 0 saturated carbocycles. The van der Waals surface area contributed by atoms with E-state index in [1.807, 2.05) is 12.5 Å². The fraction of sp³-hybridized carbons (Fsp3) is 0.571. The number of hydrogen-bond acceptors (Lipinski definition) is 4. The molecule has 0 radical (unpaired) electrons. The second-order valence-corrected chi connectivity index (χ2v) is 6.13. The normalized spacial score (nSPS) is 19.7. The Labute approximate surface area is 117 Å². The summed E-state index contributed by atoms with van der Waals surface area (Å²) in [5, 5.41) is 6.82. The number of imidazole rings is 1. The Bertz CT molecular complexity index is 525. The van der Waals surface area contributed by atoms with Crippen LogP contribution in [0.1, 0.15) is 35.2 Å². The molecule has 2 aromatic heterocycles. The molecule has 1 aliphatic heterocycles. The summed E-state index contributed by atoms with van der Waals surface area (Å²) in [5.74, 6) is 0.620. The predicted molar refractivity (Wildman–Crippen MR) is 77.6 cm³/mol. The number of piperidine rings is 1. The molecular formula is C14H20N4S. The van der Waals surface area contributed by atoms with Crippen LogP contribution in [-0.4, -0.2) is 27.6 Å². The van der Waals surface area contributed by atoms with Crippen LogP contribution in [0.5, 0.6) is 0 Å². The van der Waals surface area contributed by atoms with E-state index in [9.17, 15) is 0 Å². The molecule has 1 atom stereocenters. The van der Waals surface area contributed by atoms with Crippen molar-refractivity contribution in [1.29, 1.82) is 0 Å². The minimum Gasteiger partial charge on any atom is -0.334 e. The molecule has 102 valence electrons. The molecule has 5 heteroatoms. The van der Waals surface area contributed by atoms with E-state index < -0.39 is 0 Å². The lowest BCUT2D eigenvalue weighted by Crippen LogP contribution is -2.29. The van der Waals surface area contributed by atoms with Crippen LogP contribution in [-0.2, 0) is 13.0 Å². The van der Waals surface area contributed by atoms with Gasteiger partial charge in [0.1, 0.15) is 0 Å². The van der Waals surface area contributed by atoms with Crippen molar-refractivity contribution < 1.29 is 0 Å². The van der Waals surface area contributed by atoms with Crippen molar-refractivity contribution in [1.82, 2.24) is 19.9 Å². The zero-order valence-corrected chi connectivity index (χ0v) is 12.1. The molecule has 3 heterocycles. The van der Waals surface area contributed by atoms with Gasteiger partial charge in [-0.3, -0.25) is 0 Å². The first-order valence-corrected chi connectivity index (χ1v) is 7.82. The van der Waals surface area contributed by atoms with Crippen molar-refractivity contribution >= 4 is 11.3 Å². The van der Waals surface area contributed by atoms with Crippen LogP contribution in [0, 0.1) is 6.92 Å². The molecule has 0 aliphatic carbocycles.